The second-order valence-electron chi connectivity index (χ2n) is 3.26. The van der Waals surface area contributed by atoms with Crippen LogP contribution in [0.3, 0.4) is 0 Å². The molecule has 3 nitrogen and oxygen atoms in total. The number of nitrogens with one attached hydrogen (secondary N) is 1. The number of hydrogen-bond acceptors (Lipinski definition) is 2. The average Bonchev–Trinajstić information content (AvgIpc) is 2.24. The topological polar surface area (TPSA) is 49.3 Å². The second kappa shape index (κ2) is 5.66. The lowest BCUT2D eigenvalue weighted by Gasteiger charge is -2.12. The van der Waals surface area contributed by atoms with Gasteiger partial charge in [-0.05, 0) is 28.1 Å². The summed E-state index contributed by atoms with van der Waals surface area (Å²) in [6.07, 6.45) is -4.88. The maximum absolute atomic E-state index is 13.6. The van der Waals surface area contributed by atoms with E-state index in [9.17, 15) is 22.4 Å². The Bertz CT molecular complexity index is 462. The number of aliphatic hydroxyl groups is 1. The third-order valence-electron chi connectivity index (χ3n) is 2.02. The van der Waals surface area contributed by atoms with E-state index in [0.717, 1.165) is 6.07 Å². The van der Waals surface area contributed by atoms with Crippen LogP contribution in [0.2, 0.25) is 0 Å². The number of aliphatic hydroxyl groups excluding tert-OH is 1. The first-order valence-corrected chi connectivity index (χ1v) is 5.52. The Morgan fingerprint density at radius 2 is 2.00 bits per heavy atom. The maximum atomic E-state index is 13.6. The molecule has 1 amide bonds. The largest absolute Gasteiger partial charge is 0.419 e. The van der Waals surface area contributed by atoms with Crippen LogP contribution in [0.15, 0.2) is 16.6 Å². The molecule has 0 spiro atoms. The Kier molecular flexibility index (Phi) is 4.69. The van der Waals surface area contributed by atoms with Gasteiger partial charge in [0, 0.05) is 11.0 Å². The second-order valence-corrected chi connectivity index (χ2v) is 4.12. The number of hydrogen-bond donors (Lipinski definition) is 2. The van der Waals surface area contributed by atoms with Crippen LogP contribution in [-0.2, 0) is 6.18 Å². The molecule has 8 heteroatoms. The van der Waals surface area contributed by atoms with E-state index in [0.29, 0.717) is 6.07 Å². The minimum atomic E-state index is -4.88. The van der Waals surface area contributed by atoms with E-state index in [2.05, 4.69) is 21.2 Å². The molecule has 100 valence electrons. The quantitative estimate of drug-likeness (QED) is 0.836. The first-order chi connectivity index (χ1) is 8.29. The lowest BCUT2D eigenvalue weighted by molar-refractivity contribution is -0.140. The number of alkyl halides is 3. The average molecular weight is 330 g/mol. The lowest BCUT2D eigenvalue weighted by atomic mass is 10.1. The van der Waals surface area contributed by atoms with Gasteiger partial charge in [-0.25, -0.2) is 4.39 Å². The molecule has 0 unspecified atom stereocenters. The fourth-order valence-corrected chi connectivity index (χ4v) is 1.72. The van der Waals surface area contributed by atoms with Gasteiger partial charge in [0.1, 0.15) is 5.82 Å². The fraction of sp³-hybridized carbons (Fsp3) is 0.300. The molecule has 2 N–H and O–H groups in total. The molecular weight excluding hydrogens is 322 g/mol. The van der Waals surface area contributed by atoms with Gasteiger partial charge in [-0.15, -0.1) is 0 Å². The van der Waals surface area contributed by atoms with Crippen LogP contribution < -0.4 is 5.32 Å². The van der Waals surface area contributed by atoms with E-state index in [1.807, 2.05) is 0 Å². The number of carbonyl (C=O) groups is 1. The van der Waals surface area contributed by atoms with Crippen molar-refractivity contribution in [3.63, 3.8) is 0 Å². The molecule has 0 heterocycles. The molecule has 0 radical (unpaired) electrons. The summed E-state index contributed by atoms with van der Waals surface area (Å²) in [7, 11) is 0. The molecule has 1 rings (SSSR count). The summed E-state index contributed by atoms with van der Waals surface area (Å²) in [6, 6.07) is 1.49. The highest BCUT2D eigenvalue weighted by atomic mass is 79.9. The van der Waals surface area contributed by atoms with Crippen molar-refractivity contribution in [1.29, 1.82) is 0 Å². The first-order valence-electron chi connectivity index (χ1n) is 4.73. The highest BCUT2D eigenvalue weighted by Gasteiger charge is 2.36. The van der Waals surface area contributed by atoms with Gasteiger partial charge in [0.25, 0.3) is 5.91 Å². The van der Waals surface area contributed by atoms with Crippen LogP contribution in [0.1, 0.15) is 15.9 Å². The number of halogens is 5. The van der Waals surface area contributed by atoms with Gasteiger partial charge in [0.05, 0.1) is 17.7 Å². The van der Waals surface area contributed by atoms with Crippen molar-refractivity contribution in [1.82, 2.24) is 5.32 Å². The zero-order valence-corrected chi connectivity index (χ0v) is 10.4. The van der Waals surface area contributed by atoms with E-state index in [1.54, 1.807) is 0 Å². The van der Waals surface area contributed by atoms with Crippen LogP contribution in [0.4, 0.5) is 17.6 Å². The highest BCUT2D eigenvalue weighted by molar-refractivity contribution is 9.10. The number of benzene rings is 1. The molecular formula is C10H8BrF4NO2. The van der Waals surface area contributed by atoms with Gasteiger partial charge in [-0.1, -0.05) is 0 Å². The van der Waals surface area contributed by atoms with Crippen LogP contribution >= 0.6 is 15.9 Å². The lowest BCUT2D eigenvalue weighted by Crippen LogP contribution is -2.28. The van der Waals surface area contributed by atoms with Gasteiger partial charge in [0.15, 0.2) is 0 Å². The molecule has 0 aliphatic rings. The van der Waals surface area contributed by atoms with Crippen molar-refractivity contribution in [3.05, 3.63) is 33.5 Å². The summed E-state index contributed by atoms with van der Waals surface area (Å²) in [6.45, 7) is -0.578. The van der Waals surface area contributed by atoms with Gasteiger partial charge in [-0.3, -0.25) is 4.79 Å². The van der Waals surface area contributed by atoms with Gasteiger partial charge < -0.3 is 10.4 Å². The smallest absolute Gasteiger partial charge is 0.395 e. The van der Waals surface area contributed by atoms with Crippen molar-refractivity contribution in [2.45, 2.75) is 6.18 Å². The number of rotatable bonds is 3. The predicted octanol–water partition coefficient (Wildman–Crippen LogP) is 2.33. The Morgan fingerprint density at radius 3 is 2.50 bits per heavy atom. The third-order valence-corrected chi connectivity index (χ3v) is 2.68. The Balaban J connectivity index is 3.23. The van der Waals surface area contributed by atoms with E-state index in [-0.39, 0.29) is 11.0 Å². The molecule has 0 saturated heterocycles. The Hall–Kier alpha value is -1.15. The summed E-state index contributed by atoms with van der Waals surface area (Å²) in [4.78, 5) is 11.5. The van der Waals surface area contributed by atoms with E-state index < -0.39 is 35.6 Å². The van der Waals surface area contributed by atoms with Crippen LogP contribution in [0.25, 0.3) is 0 Å². The predicted molar refractivity (Wildman–Crippen MR) is 58.5 cm³/mol. The molecule has 0 bridgehead atoms. The maximum Gasteiger partial charge on any atom is 0.419 e. The fourth-order valence-electron chi connectivity index (χ4n) is 1.24. The van der Waals surface area contributed by atoms with Crippen LogP contribution in [0.5, 0.6) is 0 Å². The minimum Gasteiger partial charge on any atom is -0.395 e. The Labute approximate surface area is 108 Å². The standard InChI is InChI=1S/C10H8BrF4NO2/c11-6-2-1-5(10(13,14)15)8(12)7(6)9(18)16-3-4-17/h1-2,17H,3-4H2,(H,16,18). The van der Waals surface area contributed by atoms with Crippen molar-refractivity contribution in [2.24, 2.45) is 0 Å². The Morgan fingerprint density at radius 1 is 1.39 bits per heavy atom. The number of amides is 1. The zero-order valence-electron chi connectivity index (χ0n) is 8.81. The zero-order chi connectivity index (χ0) is 13.9. The van der Waals surface area contributed by atoms with Crippen LogP contribution in [-0.4, -0.2) is 24.2 Å². The first kappa shape index (κ1) is 14.9. The SMILES string of the molecule is O=C(NCCO)c1c(Br)ccc(C(F)(F)F)c1F. The van der Waals surface area contributed by atoms with Gasteiger partial charge >= 0.3 is 6.18 Å². The molecule has 0 aliphatic heterocycles. The molecule has 0 aliphatic carbocycles. The van der Waals surface area contributed by atoms with E-state index in [4.69, 9.17) is 5.11 Å². The molecule has 1 aromatic rings. The van der Waals surface area contributed by atoms with Gasteiger partial charge in [-0.2, -0.15) is 13.2 Å². The molecule has 1 aromatic carbocycles. The van der Waals surface area contributed by atoms with Gasteiger partial charge in [0.2, 0.25) is 0 Å². The van der Waals surface area contributed by atoms with Crippen molar-refractivity contribution in [2.75, 3.05) is 13.2 Å². The summed E-state index contributed by atoms with van der Waals surface area (Å²) >= 11 is 2.81. The summed E-state index contributed by atoms with van der Waals surface area (Å²) in [5, 5.41) is 10.6. The number of carbonyl (C=O) groups excluding carboxylic acids is 1. The molecule has 0 saturated carbocycles. The van der Waals surface area contributed by atoms with E-state index >= 15 is 0 Å². The highest BCUT2D eigenvalue weighted by Crippen LogP contribution is 2.34. The molecule has 18 heavy (non-hydrogen) atoms. The summed E-state index contributed by atoms with van der Waals surface area (Å²) in [5.41, 5.74) is -2.25. The molecule has 0 fully saturated rings. The third kappa shape index (κ3) is 3.20. The minimum absolute atomic E-state index is 0.0940. The van der Waals surface area contributed by atoms with Crippen molar-refractivity contribution >= 4 is 21.8 Å². The van der Waals surface area contributed by atoms with E-state index in [1.165, 1.54) is 0 Å². The normalized spacial score (nSPS) is 11.4. The summed E-state index contributed by atoms with van der Waals surface area (Å²) in [5.74, 6) is -2.67. The monoisotopic (exact) mass is 329 g/mol. The van der Waals surface area contributed by atoms with Crippen molar-refractivity contribution in [3.8, 4) is 0 Å². The van der Waals surface area contributed by atoms with Crippen LogP contribution in [0, 0.1) is 5.82 Å². The molecule has 0 aromatic heterocycles. The molecule has 0 atom stereocenters. The van der Waals surface area contributed by atoms with Crippen molar-refractivity contribution < 1.29 is 27.5 Å². The summed E-state index contributed by atoms with van der Waals surface area (Å²) < 4.78 is 50.9.